The van der Waals surface area contributed by atoms with Crippen molar-refractivity contribution in [1.82, 2.24) is 9.80 Å². The Morgan fingerprint density at radius 3 is 2.31 bits per heavy atom. The van der Waals surface area contributed by atoms with E-state index in [1.807, 2.05) is 0 Å². The molecule has 0 aromatic heterocycles. The fourth-order valence-corrected chi connectivity index (χ4v) is 1.83. The molecule has 1 rings (SSSR count). The zero-order valence-electron chi connectivity index (χ0n) is 8.80. The fourth-order valence-electron chi connectivity index (χ4n) is 1.62. The van der Waals surface area contributed by atoms with Gasteiger partial charge in [-0.3, -0.25) is 4.90 Å². The van der Waals surface area contributed by atoms with Crippen LogP contribution in [0.2, 0.25) is 0 Å². The first kappa shape index (κ1) is 11.3. The van der Waals surface area contributed by atoms with Gasteiger partial charge in [-0.05, 0) is 46.4 Å². The Balaban J connectivity index is 2.07. The summed E-state index contributed by atoms with van der Waals surface area (Å²) < 4.78 is 0. The lowest BCUT2D eigenvalue weighted by Crippen LogP contribution is -2.31. The van der Waals surface area contributed by atoms with E-state index in [2.05, 4.69) is 23.9 Å². The third kappa shape index (κ3) is 4.84. The molecule has 2 nitrogen and oxygen atoms in total. The van der Waals surface area contributed by atoms with Gasteiger partial charge in [-0.25, -0.2) is 0 Å². The van der Waals surface area contributed by atoms with Crippen molar-refractivity contribution in [2.24, 2.45) is 0 Å². The first-order valence-corrected chi connectivity index (χ1v) is 5.72. The highest BCUT2D eigenvalue weighted by atomic mass is 35.5. The molecule has 0 aliphatic heterocycles. The predicted molar refractivity (Wildman–Crippen MR) is 58.5 cm³/mol. The minimum Gasteiger partial charge on any atom is -0.309 e. The topological polar surface area (TPSA) is 6.48 Å². The summed E-state index contributed by atoms with van der Waals surface area (Å²) in [6.07, 6.45) is 4.04. The molecule has 13 heavy (non-hydrogen) atoms. The van der Waals surface area contributed by atoms with Gasteiger partial charge in [-0.2, -0.15) is 0 Å². The van der Waals surface area contributed by atoms with Crippen LogP contribution in [0.1, 0.15) is 19.3 Å². The number of rotatable bonds is 7. The van der Waals surface area contributed by atoms with Gasteiger partial charge in [0.2, 0.25) is 0 Å². The number of nitrogens with zero attached hydrogens (tertiary/aromatic N) is 2. The van der Waals surface area contributed by atoms with Crippen molar-refractivity contribution in [1.29, 1.82) is 0 Å². The second-order valence-corrected chi connectivity index (χ2v) is 4.49. The Morgan fingerprint density at radius 2 is 1.85 bits per heavy atom. The lowest BCUT2D eigenvalue weighted by molar-refractivity contribution is 0.259. The summed E-state index contributed by atoms with van der Waals surface area (Å²) in [6, 6.07) is 0.862. The molecule has 0 heterocycles. The third-order valence-corrected chi connectivity index (χ3v) is 2.65. The highest BCUT2D eigenvalue weighted by molar-refractivity contribution is 6.18. The summed E-state index contributed by atoms with van der Waals surface area (Å²) >= 11 is 5.76. The van der Waals surface area contributed by atoms with Gasteiger partial charge < -0.3 is 4.90 Å². The van der Waals surface area contributed by atoms with Crippen molar-refractivity contribution in [3.05, 3.63) is 0 Å². The van der Waals surface area contributed by atoms with Gasteiger partial charge >= 0.3 is 0 Å². The third-order valence-electron chi connectivity index (χ3n) is 2.49. The van der Waals surface area contributed by atoms with E-state index in [4.69, 9.17) is 11.6 Å². The van der Waals surface area contributed by atoms with Gasteiger partial charge in [0, 0.05) is 18.5 Å². The standard InChI is InChI=1S/C10H21ClN2/c1-12(2)7-3-8-13(9-6-11)10-4-5-10/h10H,3-9H2,1-2H3. The number of halogens is 1. The molecule has 0 aromatic rings. The molecule has 0 saturated heterocycles. The summed E-state index contributed by atoms with van der Waals surface area (Å²) in [7, 11) is 4.26. The molecule has 78 valence electrons. The maximum atomic E-state index is 5.76. The van der Waals surface area contributed by atoms with Crippen molar-refractivity contribution in [3.8, 4) is 0 Å². The summed E-state index contributed by atoms with van der Waals surface area (Å²) in [6.45, 7) is 3.47. The van der Waals surface area contributed by atoms with E-state index in [0.29, 0.717) is 0 Å². The molecule has 1 saturated carbocycles. The van der Waals surface area contributed by atoms with Crippen LogP contribution < -0.4 is 0 Å². The van der Waals surface area contributed by atoms with Crippen molar-refractivity contribution in [2.45, 2.75) is 25.3 Å². The molecular weight excluding hydrogens is 184 g/mol. The molecule has 0 bridgehead atoms. The van der Waals surface area contributed by atoms with Gasteiger partial charge in [0.05, 0.1) is 0 Å². The van der Waals surface area contributed by atoms with Crippen LogP contribution in [0.25, 0.3) is 0 Å². The highest BCUT2D eigenvalue weighted by Gasteiger charge is 2.27. The molecule has 0 spiro atoms. The molecule has 0 N–H and O–H groups in total. The van der Waals surface area contributed by atoms with Crippen LogP contribution in [0, 0.1) is 0 Å². The zero-order chi connectivity index (χ0) is 9.68. The van der Waals surface area contributed by atoms with Crippen molar-refractivity contribution < 1.29 is 0 Å². The molecule has 0 radical (unpaired) electrons. The Labute approximate surface area is 86.8 Å². The van der Waals surface area contributed by atoms with Gasteiger partial charge in [-0.1, -0.05) is 0 Å². The van der Waals surface area contributed by atoms with E-state index in [0.717, 1.165) is 18.5 Å². The monoisotopic (exact) mass is 204 g/mol. The van der Waals surface area contributed by atoms with Crippen LogP contribution in [-0.2, 0) is 0 Å². The molecule has 0 atom stereocenters. The molecular formula is C10H21ClN2. The van der Waals surface area contributed by atoms with Gasteiger partial charge in [0.25, 0.3) is 0 Å². The van der Waals surface area contributed by atoms with Crippen LogP contribution >= 0.6 is 11.6 Å². The summed E-state index contributed by atoms with van der Waals surface area (Å²) in [5.41, 5.74) is 0. The second kappa shape index (κ2) is 5.84. The van der Waals surface area contributed by atoms with Gasteiger partial charge in [0.1, 0.15) is 0 Å². The smallest absolute Gasteiger partial charge is 0.0351 e. The average molecular weight is 205 g/mol. The van der Waals surface area contributed by atoms with Crippen LogP contribution in [0.3, 0.4) is 0 Å². The first-order chi connectivity index (χ1) is 6.24. The van der Waals surface area contributed by atoms with E-state index < -0.39 is 0 Å². The van der Waals surface area contributed by atoms with Crippen LogP contribution in [0.5, 0.6) is 0 Å². The minimum absolute atomic E-state index is 0.776. The lowest BCUT2D eigenvalue weighted by Gasteiger charge is -2.21. The van der Waals surface area contributed by atoms with Crippen molar-refractivity contribution in [2.75, 3.05) is 39.6 Å². The zero-order valence-corrected chi connectivity index (χ0v) is 9.56. The van der Waals surface area contributed by atoms with E-state index in [1.165, 1.54) is 32.4 Å². The van der Waals surface area contributed by atoms with Crippen molar-refractivity contribution in [3.63, 3.8) is 0 Å². The van der Waals surface area contributed by atoms with Crippen LogP contribution in [0.15, 0.2) is 0 Å². The van der Waals surface area contributed by atoms with E-state index in [9.17, 15) is 0 Å². The normalized spacial score (nSPS) is 17.3. The molecule has 0 amide bonds. The first-order valence-electron chi connectivity index (χ1n) is 5.19. The quantitative estimate of drug-likeness (QED) is 0.582. The van der Waals surface area contributed by atoms with E-state index in [-0.39, 0.29) is 0 Å². The molecule has 0 aromatic carbocycles. The summed E-state index contributed by atoms with van der Waals surface area (Å²) in [4.78, 5) is 4.78. The van der Waals surface area contributed by atoms with Crippen LogP contribution in [0.4, 0.5) is 0 Å². The summed E-state index contributed by atoms with van der Waals surface area (Å²) in [5, 5.41) is 0. The Morgan fingerprint density at radius 1 is 1.15 bits per heavy atom. The molecule has 3 heteroatoms. The molecule has 1 aliphatic rings. The van der Waals surface area contributed by atoms with Gasteiger partial charge in [-0.15, -0.1) is 11.6 Å². The lowest BCUT2D eigenvalue weighted by atomic mass is 10.3. The number of hydrogen-bond acceptors (Lipinski definition) is 2. The molecule has 1 fully saturated rings. The minimum atomic E-state index is 0.776. The highest BCUT2D eigenvalue weighted by Crippen LogP contribution is 2.26. The van der Waals surface area contributed by atoms with Crippen molar-refractivity contribution >= 4 is 11.6 Å². The Kier molecular flexibility index (Phi) is 5.07. The maximum Gasteiger partial charge on any atom is 0.0351 e. The second-order valence-electron chi connectivity index (χ2n) is 4.11. The average Bonchev–Trinajstić information content (AvgIpc) is 2.84. The van der Waals surface area contributed by atoms with E-state index >= 15 is 0 Å². The van der Waals surface area contributed by atoms with E-state index in [1.54, 1.807) is 0 Å². The van der Waals surface area contributed by atoms with Crippen LogP contribution in [-0.4, -0.2) is 55.5 Å². The largest absolute Gasteiger partial charge is 0.309 e. The number of alkyl halides is 1. The maximum absolute atomic E-state index is 5.76. The summed E-state index contributed by atoms with van der Waals surface area (Å²) in [5.74, 6) is 0.776. The molecule has 0 unspecified atom stereocenters. The predicted octanol–water partition coefficient (Wildman–Crippen LogP) is 1.64. The van der Waals surface area contributed by atoms with Gasteiger partial charge in [0.15, 0.2) is 0 Å². The number of hydrogen-bond donors (Lipinski definition) is 0. The Bertz CT molecular complexity index is 135. The Hall–Kier alpha value is 0.210. The molecule has 1 aliphatic carbocycles. The fraction of sp³-hybridized carbons (Fsp3) is 1.00. The SMILES string of the molecule is CN(C)CCCN(CCCl)C1CC1.